The number of halogens is 1. The van der Waals surface area contributed by atoms with Gasteiger partial charge in [-0.1, -0.05) is 35.9 Å². The van der Waals surface area contributed by atoms with E-state index in [9.17, 15) is 18.0 Å². The molecule has 1 atom stereocenters. The molecule has 0 fully saturated rings. The molecule has 1 aliphatic heterocycles. The van der Waals surface area contributed by atoms with Crippen LogP contribution in [0.2, 0.25) is 5.02 Å². The summed E-state index contributed by atoms with van der Waals surface area (Å²) in [6.45, 7) is 1.32. The third kappa shape index (κ3) is 4.98. The summed E-state index contributed by atoms with van der Waals surface area (Å²) in [6.07, 6.45) is 0. The zero-order chi connectivity index (χ0) is 21.9. The first kappa shape index (κ1) is 21.8. The van der Waals surface area contributed by atoms with Gasteiger partial charge < -0.3 is 9.64 Å². The highest BCUT2D eigenvalue weighted by molar-refractivity contribution is 7.90. The Morgan fingerprint density at radius 1 is 1.20 bits per heavy atom. The highest BCUT2D eigenvalue weighted by Gasteiger charge is 2.31. The van der Waals surface area contributed by atoms with Crippen LogP contribution in [0.3, 0.4) is 0 Å². The lowest BCUT2D eigenvalue weighted by Gasteiger charge is -2.18. The van der Waals surface area contributed by atoms with Gasteiger partial charge in [-0.15, -0.1) is 0 Å². The second-order valence-corrected chi connectivity index (χ2v) is 8.83. The molecule has 1 heterocycles. The molecule has 0 saturated heterocycles. The van der Waals surface area contributed by atoms with Gasteiger partial charge in [0.1, 0.15) is 11.9 Å². The predicted molar refractivity (Wildman–Crippen MR) is 112 cm³/mol. The van der Waals surface area contributed by atoms with Crippen molar-refractivity contribution in [2.24, 2.45) is 4.99 Å². The number of carbonyl (C=O) groups excluding carboxylic acids is 2. The second-order valence-electron chi connectivity index (χ2n) is 6.74. The van der Waals surface area contributed by atoms with Gasteiger partial charge in [0, 0.05) is 24.2 Å². The van der Waals surface area contributed by atoms with Crippen molar-refractivity contribution < 1.29 is 22.7 Å². The summed E-state index contributed by atoms with van der Waals surface area (Å²) in [5, 5.41) is 0.567. The van der Waals surface area contributed by atoms with E-state index in [-0.39, 0.29) is 10.7 Å². The standard InChI is InChI=1S/C20H20ClN3O5S/c1-13(22-19-16-8-3-4-9-17(16)30(27,28)23-19)20(26)29-12-18(25)24(2)11-14-6-5-7-15(21)10-14/h3-10,13H,11-12H2,1-2H3,(H,22,23)/t13-/m0/s1. The largest absolute Gasteiger partial charge is 0.454 e. The summed E-state index contributed by atoms with van der Waals surface area (Å²) in [5.41, 5.74) is 1.23. The molecule has 8 nitrogen and oxygen atoms in total. The van der Waals surface area contributed by atoms with E-state index in [4.69, 9.17) is 16.3 Å². The van der Waals surface area contributed by atoms with Crippen molar-refractivity contribution in [3.63, 3.8) is 0 Å². The molecular formula is C20H20ClN3O5S. The smallest absolute Gasteiger partial charge is 0.331 e. The van der Waals surface area contributed by atoms with E-state index in [1.54, 1.807) is 43.4 Å². The molecule has 0 unspecified atom stereocenters. The summed E-state index contributed by atoms with van der Waals surface area (Å²) in [6, 6.07) is 12.4. The molecule has 0 aliphatic carbocycles. The number of fused-ring (bicyclic) bond motifs is 1. The normalized spacial score (nSPS) is 16.4. The number of hydrogen-bond donors (Lipinski definition) is 1. The third-order valence-electron chi connectivity index (χ3n) is 4.40. The van der Waals surface area contributed by atoms with Crippen molar-refractivity contribution in [2.75, 3.05) is 13.7 Å². The quantitative estimate of drug-likeness (QED) is 0.679. The maximum atomic E-state index is 12.2. The molecule has 158 valence electrons. The van der Waals surface area contributed by atoms with Crippen LogP contribution in [0.25, 0.3) is 0 Å². The average molecular weight is 450 g/mol. The number of ether oxygens (including phenoxy) is 1. The van der Waals surface area contributed by atoms with E-state index >= 15 is 0 Å². The van der Waals surface area contributed by atoms with Gasteiger partial charge in [0.15, 0.2) is 6.61 Å². The number of hydrogen-bond acceptors (Lipinski definition) is 6. The van der Waals surface area contributed by atoms with E-state index in [1.165, 1.54) is 17.9 Å². The molecule has 0 aromatic heterocycles. The number of rotatable bonds is 6. The van der Waals surface area contributed by atoms with Gasteiger partial charge in [-0.3, -0.25) is 14.5 Å². The van der Waals surface area contributed by atoms with Crippen molar-refractivity contribution in [1.29, 1.82) is 0 Å². The number of nitrogens with one attached hydrogen (secondary N) is 1. The fraction of sp³-hybridized carbons (Fsp3) is 0.250. The molecule has 10 heteroatoms. The molecule has 1 amide bonds. The maximum absolute atomic E-state index is 12.2. The van der Waals surface area contributed by atoms with Crippen molar-refractivity contribution in [1.82, 2.24) is 9.62 Å². The summed E-state index contributed by atoms with van der Waals surface area (Å²) < 4.78 is 31.6. The van der Waals surface area contributed by atoms with Crippen molar-refractivity contribution >= 4 is 39.3 Å². The number of aliphatic imine (C=N–C) groups is 1. The number of amides is 1. The summed E-state index contributed by atoms with van der Waals surface area (Å²) >= 11 is 5.94. The van der Waals surface area contributed by atoms with Gasteiger partial charge in [0.25, 0.3) is 15.9 Å². The van der Waals surface area contributed by atoms with Crippen molar-refractivity contribution in [2.45, 2.75) is 24.4 Å². The van der Waals surface area contributed by atoms with Gasteiger partial charge in [-0.05, 0) is 36.8 Å². The zero-order valence-corrected chi connectivity index (χ0v) is 17.9. The van der Waals surface area contributed by atoms with E-state index < -0.39 is 34.5 Å². The van der Waals surface area contributed by atoms with Gasteiger partial charge in [-0.2, -0.15) is 0 Å². The van der Waals surface area contributed by atoms with Crippen LogP contribution in [0.15, 0.2) is 58.4 Å². The first-order valence-corrected chi connectivity index (χ1v) is 10.9. The van der Waals surface area contributed by atoms with Gasteiger partial charge in [0.05, 0.1) is 4.90 Å². The second kappa shape index (κ2) is 8.85. The molecule has 1 aliphatic rings. The number of carbonyl (C=O) groups is 2. The van der Waals surface area contributed by atoms with Crippen LogP contribution in [0, 0.1) is 0 Å². The lowest BCUT2D eigenvalue weighted by Crippen LogP contribution is -2.33. The number of esters is 1. The number of amidine groups is 1. The van der Waals surface area contributed by atoms with E-state index in [2.05, 4.69) is 9.71 Å². The first-order chi connectivity index (χ1) is 14.2. The third-order valence-corrected chi connectivity index (χ3v) is 6.03. The number of likely N-dealkylation sites (N-methyl/N-ethyl adjacent to an activating group) is 1. The minimum atomic E-state index is -3.70. The van der Waals surface area contributed by atoms with Crippen LogP contribution in [0.5, 0.6) is 0 Å². The molecule has 3 rings (SSSR count). The Balaban J connectivity index is 1.58. The summed E-state index contributed by atoms with van der Waals surface area (Å²) in [7, 11) is -2.11. The van der Waals surface area contributed by atoms with Crippen molar-refractivity contribution in [3.05, 3.63) is 64.7 Å². The van der Waals surface area contributed by atoms with Crippen LogP contribution in [-0.2, 0) is 30.9 Å². The zero-order valence-electron chi connectivity index (χ0n) is 16.3. The maximum Gasteiger partial charge on any atom is 0.331 e. The Labute approximate surface area is 179 Å². The van der Waals surface area contributed by atoms with Crippen LogP contribution >= 0.6 is 11.6 Å². The van der Waals surface area contributed by atoms with Crippen LogP contribution < -0.4 is 4.72 Å². The molecule has 2 aromatic carbocycles. The molecular weight excluding hydrogens is 430 g/mol. The Morgan fingerprint density at radius 3 is 2.67 bits per heavy atom. The minimum Gasteiger partial charge on any atom is -0.454 e. The number of nitrogens with zero attached hydrogens (tertiary/aromatic N) is 2. The topological polar surface area (TPSA) is 105 Å². The first-order valence-electron chi connectivity index (χ1n) is 9.02. The average Bonchev–Trinajstić information content (AvgIpc) is 2.96. The Morgan fingerprint density at radius 2 is 1.93 bits per heavy atom. The molecule has 0 spiro atoms. The fourth-order valence-electron chi connectivity index (χ4n) is 2.84. The van der Waals surface area contributed by atoms with E-state index in [1.807, 2.05) is 6.07 Å². The highest BCUT2D eigenvalue weighted by atomic mass is 35.5. The van der Waals surface area contributed by atoms with Gasteiger partial charge in [-0.25, -0.2) is 13.2 Å². The van der Waals surface area contributed by atoms with Crippen LogP contribution in [-0.4, -0.2) is 50.7 Å². The summed E-state index contributed by atoms with van der Waals surface area (Å²) in [4.78, 5) is 30.1. The Bertz CT molecular complexity index is 1120. The predicted octanol–water partition coefficient (Wildman–Crippen LogP) is 1.97. The molecule has 0 bridgehead atoms. The Hall–Kier alpha value is -2.91. The van der Waals surface area contributed by atoms with E-state index in [0.29, 0.717) is 17.1 Å². The molecule has 2 aromatic rings. The molecule has 0 saturated carbocycles. The highest BCUT2D eigenvalue weighted by Crippen LogP contribution is 2.22. The van der Waals surface area contributed by atoms with E-state index in [0.717, 1.165) is 5.56 Å². The van der Waals surface area contributed by atoms with Gasteiger partial charge >= 0.3 is 5.97 Å². The molecule has 30 heavy (non-hydrogen) atoms. The van der Waals surface area contributed by atoms with Crippen LogP contribution in [0.1, 0.15) is 18.1 Å². The van der Waals surface area contributed by atoms with Crippen LogP contribution in [0.4, 0.5) is 0 Å². The lowest BCUT2D eigenvalue weighted by atomic mass is 10.2. The van der Waals surface area contributed by atoms with Crippen molar-refractivity contribution in [3.8, 4) is 0 Å². The minimum absolute atomic E-state index is 0.0689. The number of sulfonamides is 1. The SMILES string of the molecule is C[C@H](N=C1NS(=O)(=O)c2ccccc21)C(=O)OCC(=O)N(C)Cc1cccc(Cl)c1. The van der Waals surface area contributed by atoms with Gasteiger partial charge in [0.2, 0.25) is 0 Å². The monoisotopic (exact) mass is 449 g/mol. The summed E-state index contributed by atoms with van der Waals surface area (Å²) in [5.74, 6) is -1.06. The Kier molecular flexibility index (Phi) is 6.42. The lowest BCUT2D eigenvalue weighted by molar-refractivity contribution is -0.152. The fourth-order valence-corrected chi connectivity index (χ4v) is 4.29. The number of benzene rings is 2. The molecule has 1 N–H and O–H groups in total. The molecule has 0 radical (unpaired) electrons.